The smallest absolute Gasteiger partial charge is 0.140 e. The standard InChI is InChI=1S/C21H22F2N4S/c1-2-16-8-17-19(24-13-25-20(17)28-16)27-6-5-21(12-27)10-26(11-21)9-14-3-4-15(22)7-18(14)23/h3-4,7-8,13H,2,5-6,9-12H2,1H3. The lowest BCUT2D eigenvalue weighted by Crippen LogP contribution is -2.57. The number of nitrogens with zero attached hydrogens (tertiary/aromatic N) is 4. The van der Waals surface area contributed by atoms with Gasteiger partial charge in [0.2, 0.25) is 0 Å². The maximum atomic E-state index is 13.9. The molecule has 0 bridgehead atoms. The molecule has 0 aliphatic carbocycles. The fourth-order valence-electron chi connectivity index (χ4n) is 4.60. The number of likely N-dealkylation sites (tertiary alicyclic amines) is 1. The van der Waals surface area contributed by atoms with Gasteiger partial charge >= 0.3 is 0 Å². The van der Waals surface area contributed by atoms with Crippen LogP contribution in [0.25, 0.3) is 10.2 Å². The van der Waals surface area contributed by atoms with Crippen LogP contribution in [0.1, 0.15) is 23.8 Å². The van der Waals surface area contributed by atoms with Crippen molar-refractivity contribution in [3.05, 3.63) is 52.7 Å². The summed E-state index contributed by atoms with van der Waals surface area (Å²) in [7, 11) is 0. The highest BCUT2D eigenvalue weighted by atomic mass is 32.1. The molecule has 1 aromatic carbocycles. The second kappa shape index (κ2) is 6.74. The summed E-state index contributed by atoms with van der Waals surface area (Å²) in [6.45, 7) is 6.54. The Kier molecular flexibility index (Phi) is 4.32. The highest BCUT2D eigenvalue weighted by Crippen LogP contribution is 2.43. The van der Waals surface area contributed by atoms with E-state index >= 15 is 0 Å². The number of hydrogen-bond acceptors (Lipinski definition) is 5. The zero-order valence-electron chi connectivity index (χ0n) is 15.8. The molecule has 0 saturated carbocycles. The molecule has 0 unspecified atom stereocenters. The Labute approximate surface area is 166 Å². The summed E-state index contributed by atoms with van der Waals surface area (Å²) in [6, 6.07) is 6.08. The lowest BCUT2D eigenvalue weighted by molar-refractivity contribution is 0.0109. The number of aryl methyl sites for hydroxylation is 1. The van der Waals surface area contributed by atoms with Crippen LogP contribution in [0, 0.1) is 17.0 Å². The molecule has 1 spiro atoms. The van der Waals surface area contributed by atoms with Crippen LogP contribution in [0.15, 0.2) is 30.6 Å². The summed E-state index contributed by atoms with van der Waals surface area (Å²) >= 11 is 1.75. The Morgan fingerprint density at radius 3 is 2.79 bits per heavy atom. The van der Waals surface area contributed by atoms with E-state index in [2.05, 4.69) is 32.8 Å². The molecular formula is C21H22F2N4S. The molecule has 2 aromatic heterocycles. The van der Waals surface area contributed by atoms with E-state index in [-0.39, 0.29) is 5.41 Å². The molecule has 28 heavy (non-hydrogen) atoms. The van der Waals surface area contributed by atoms with Crippen molar-refractivity contribution in [2.45, 2.75) is 26.3 Å². The summed E-state index contributed by atoms with van der Waals surface area (Å²) < 4.78 is 27.0. The minimum Gasteiger partial charge on any atom is -0.355 e. The van der Waals surface area contributed by atoms with Crippen LogP contribution in [0.4, 0.5) is 14.6 Å². The molecule has 7 heteroatoms. The monoisotopic (exact) mass is 400 g/mol. The third kappa shape index (κ3) is 3.06. The highest BCUT2D eigenvalue weighted by molar-refractivity contribution is 7.18. The van der Waals surface area contributed by atoms with Crippen molar-refractivity contribution in [3.63, 3.8) is 0 Å². The average molecular weight is 400 g/mol. The number of aromatic nitrogens is 2. The van der Waals surface area contributed by atoms with Crippen LogP contribution < -0.4 is 4.90 Å². The van der Waals surface area contributed by atoms with E-state index in [1.165, 1.54) is 10.9 Å². The lowest BCUT2D eigenvalue weighted by Gasteiger charge is -2.48. The second-order valence-corrected chi connectivity index (χ2v) is 9.15. The molecule has 4 nitrogen and oxygen atoms in total. The van der Waals surface area contributed by atoms with Crippen molar-refractivity contribution in [3.8, 4) is 0 Å². The zero-order valence-corrected chi connectivity index (χ0v) is 16.6. The molecule has 2 aliphatic rings. The van der Waals surface area contributed by atoms with Gasteiger partial charge in [-0.15, -0.1) is 11.3 Å². The Bertz CT molecular complexity index is 1030. The van der Waals surface area contributed by atoms with E-state index in [4.69, 9.17) is 0 Å². The summed E-state index contributed by atoms with van der Waals surface area (Å²) in [5.74, 6) is 0.0611. The van der Waals surface area contributed by atoms with E-state index in [1.807, 2.05) is 0 Å². The van der Waals surface area contributed by atoms with E-state index in [0.29, 0.717) is 12.1 Å². The third-order valence-electron chi connectivity index (χ3n) is 5.97. The minimum atomic E-state index is -0.524. The van der Waals surface area contributed by atoms with Crippen LogP contribution in [0.3, 0.4) is 0 Å². The quantitative estimate of drug-likeness (QED) is 0.656. The van der Waals surface area contributed by atoms with Gasteiger partial charge in [0.05, 0.1) is 5.39 Å². The Morgan fingerprint density at radius 2 is 2.00 bits per heavy atom. The molecule has 0 atom stereocenters. The molecule has 2 fully saturated rings. The predicted molar refractivity (Wildman–Crippen MR) is 108 cm³/mol. The first-order valence-electron chi connectivity index (χ1n) is 9.70. The van der Waals surface area contributed by atoms with Crippen molar-refractivity contribution >= 4 is 27.4 Å². The van der Waals surface area contributed by atoms with Gasteiger partial charge < -0.3 is 4.90 Å². The summed E-state index contributed by atoms with van der Waals surface area (Å²) in [5.41, 5.74) is 0.811. The zero-order chi connectivity index (χ0) is 19.3. The fourth-order valence-corrected chi connectivity index (χ4v) is 5.53. The van der Waals surface area contributed by atoms with Crippen LogP contribution in [-0.2, 0) is 13.0 Å². The van der Waals surface area contributed by atoms with Gasteiger partial charge in [-0.2, -0.15) is 0 Å². The van der Waals surface area contributed by atoms with Crippen molar-refractivity contribution in [2.75, 3.05) is 31.1 Å². The van der Waals surface area contributed by atoms with Gasteiger partial charge in [-0.1, -0.05) is 13.0 Å². The second-order valence-electron chi connectivity index (χ2n) is 8.03. The number of anilines is 1. The fraction of sp³-hybridized carbons (Fsp3) is 0.429. The number of hydrogen-bond donors (Lipinski definition) is 0. The van der Waals surface area contributed by atoms with Gasteiger partial charge in [-0.3, -0.25) is 4.90 Å². The van der Waals surface area contributed by atoms with Gasteiger partial charge in [0.1, 0.15) is 28.6 Å². The van der Waals surface area contributed by atoms with Gasteiger partial charge in [-0.05, 0) is 25.0 Å². The van der Waals surface area contributed by atoms with E-state index in [0.717, 1.165) is 61.1 Å². The van der Waals surface area contributed by atoms with Crippen molar-refractivity contribution in [1.29, 1.82) is 0 Å². The van der Waals surface area contributed by atoms with Gasteiger partial charge in [0.25, 0.3) is 0 Å². The van der Waals surface area contributed by atoms with Gasteiger partial charge in [-0.25, -0.2) is 18.7 Å². The minimum absolute atomic E-state index is 0.247. The predicted octanol–water partition coefficient (Wildman–Crippen LogP) is 4.24. The average Bonchev–Trinajstić information content (AvgIpc) is 3.27. The van der Waals surface area contributed by atoms with Gasteiger partial charge in [0.15, 0.2) is 0 Å². The molecule has 0 amide bonds. The van der Waals surface area contributed by atoms with E-state index in [9.17, 15) is 8.78 Å². The molecule has 3 aromatic rings. The normalized spacial score (nSPS) is 18.9. The number of rotatable bonds is 4. The third-order valence-corrected chi connectivity index (χ3v) is 7.16. The van der Waals surface area contributed by atoms with Crippen LogP contribution >= 0.6 is 11.3 Å². The van der Waals surface area contributed by atoms with Crippen molar-refractivity contribution in [2.24, 2.45) is 5.41 Å². The molecule has 0 N–H and O–H groups in total. The Balaban J connectivity index is 1.28. The molecule has 5 rings (SSSR count). The van der Waals surface area contributed by atoms with E-state index in [1.54, 1.807) is 23.7 Å². The molecule has 2 saturated heterocycles. The summed E-state index contributed by atoms with van der Waals surface area (Å²) in [5, 5.41) is 1.16. The van der Waals surface area contributed by atoms with E-state index < -0.39 is 11.6 Å². The first-order chi connectivity index (χ1) is 13.5. The molecule has 0 radical (unpaired) electrons. The largest absolute Gasteiger partial charge is 0.355 e. The number of halogens is 2. The van der Waals surface area contributed by atoms with Gasteiger partial charge in [0, 0.05) is 54.6 Å². The Hall–Kier alpha value is -2.12. The van der Waals surface area contributed by atoms with Crippen LogP contribution in [-0.4, -0.2) is 41.0 Å². The maximum Gasteiger partial charge on any atom is 0.140 e. The lowest BCUT2D eigenvalue weighted by atomic mass is 9.79. The molecule has 4 heterocycles. The summed E-state index contributed by atoms with van der Waals surface area (Å²) in [6.07, 6.45) is 3.80. The number of fused-ring (bicyclic) bond motifs is 1. The highest BCUT2D eigenvalue weighted by Gasteiger charge is 2.48. The number of thiophene rings is 1. The topological polar surface area (TPSA) is 32.3 Å². The molecular weight excluding hydrogens is 378 g/mol. The van der Waals surface area contributed by atoms with Crippen molar-refractivity contribution < 1.29 is 8.78 Å². The first-order valence-corrected chi connectivity index (χ1v) is 10.5. The Morgan fingerprint density at radius 1 is 1.14 bits per heavy atom. The number of benzene rings is 1. The molecule has 146 valence electrons. The molecule has 2 aliphatic heterocycles. The van der Waals surface area contributed by atoms with Crippen LogP contribution in [0.5, 0.6) is 0 Å². The SMILES string of the molecule is CCc1cc2c(N3CCC4(CN(Cc5ccc(F)cc5F)C4)C3)ncnc2s1. The maximum absolute atomic E-state index is 13.9. The first kappa shape index (κ1) is 17.9. The van der Waals surface area contributed by atoms with Crippen molar-refractivity contribution in [1.82, 2.24) is 14.9 Å². The van der Waals surface area contributed by atoms with Crippen LogP contribution in [0.2, 0.25) is 0 Å². The summed E-state index contributed by atoms with van der Waals surface area (Å²) in [4.78, 5) is 16.0.